The molecular formula is C22H29N5O3. The van der Waals surface area contributed by atoms with Crippen LogP contribution in [0.3, 0.4) is 0 Å². The van der Waals surface area contributed by atoms with Crippen LogP contribution < -0.4 is 25.0 Å². The SMILES string of the molecule is Cc1nc(NCCNC(=O)C2Oc3ccccc3OC2C)cc(N2CCCCC2)n1. The summed E-state index contributed by atoms with van der Waals surface area (Å²) in [6.07, 6.45) is 2.66. The zero-order chi connectivity index (χ0) is 20.9. The molecule has 0 spiro atoms. The molecule has 0 radical (unpaired) electrons. The van der Waals surface area contributed by atoms with E-state index in [1.807, 2.05) is 38.1 Å². The van der Waals surface area contributed by atoms with E-state index in [1.54, 1.807) is 6.07 Å². The predicted molar refractivity (Wildman–Crippen MR) is 115 cm³/mol. The molecule has 2 N–H and O–H groups in total. The maximum atomic E-state index is 12.6. The molecule has 3 heterocycles. The first-order chi connectivity index (χ1) is 14.6. The minimum atomic E-state index is -0.674. The molecule has 1 amide bonds. The number of nitrogens with one attached hydrogen (secondary N) is 2. The first-order valence-electron chi connectivity index (χ1n) is 10.6. The summed E-state index contributed by atoms with van der Waals surface area (Å²) in [5, 5.41) is 6.20. The summed E-state index contributed by atoms with van der Waals surface area (Å²) in [5.41, 5.74) is 0. The Labute approximate surface area is 177 Å². The van der Waals surface area contributed by atoms with E-state index in [0.717, 1.165) is 30.5 Å². The van der Waals surface area contributed by atoms with Crippen LogP contribution in [0.2, 0.25) is 0 Å². The lowest BCUT2D eigenvalue weighted by molar-refractivity contribution is -0.133. The lowest BCUT2D eigenvalue weighted by atomic mass is 10.1. The highest BCUT2D eigenvalue weighted by Gasteiger charge is 2.33. The van der Waals surface area contributed by atoms with Crippen LogP contribution in [-0.2, 0) is 4.79 Å². The number of nitrogens with zero attached hydrogens (tertiary/aromatic N) is 3. The number of hydrogen-bond donors (Lipinski definition) is 2. The van der Waals surface area contributed by atoms with E-state index in [2.05, 4.69) is 25.5 Å². The Morgan fingerprint density at radius 3 is 2.60 bits per heavy atom. The second-order valence-electron chi connectivity index (χ2n) is 7.73. The largest absolute Gasteiger partial charge is 0.482 e. The van der Waals surface area contributed by atoms with Crippen LogP contribution in [0, 0.1) is 6.92 Å². The van der Waals surface area contributed by atoms with Gasteiger partial charge < -0.3 is 25.0 Å². The molecule has 2 unspecified atom stereocenters. The quantitative estimate of drug-likeness (QED) is 0.706. The van der Waals surface area contributed by atoms with E-state index in [9.17, 15) is 4.79 Å². The molecule has 1 aromatic heterocycles. The van der Waals surface area contributed by atoms with E-state index in [0.29, 0.717) is 24.6 Å². The Morgan fingerprint density at radius 2 is 1.83 bits per heavy atom. The summed E-state index contributed by atoms with van der Waals surface area (Å²) in [4.78, 5) is 23.9. The van der Waals surface area contributed by atoms with Crippen molar-refractivity contribution in [3.8, 4) is 11.5 Å². The lowest BCUT2D eigenvalue weighted by Crippen LogP contribution is -2.49. The summed E-state index contributed by atoms with van der Waals surface area (Å²) >= 11 is 0. The number of fused-ring (bicyclic) bond motifs is 1. The molecule has 4 rings (SSSR count). The van der Waals surface area contributed by atoms with Gasteiger partial charge in [0.25, 0.3) is 5.91 Å². The lowest BCUT2D eigenvalue weighted by Gasteiger charge is -2.31. The van der Waals surface area contributed by atoms with E-state index in [4.69, 9.17) is 9.47 Å². The minimum absolute atomic E-state index is 0.188. The number of rotatable bonds is 6. The molecule has 1 aromatic carbocycles. The van der Waals surface area contributed by atoms with Crippen molar-refractivity contribution in [2.45, 2.75) is 45.3 Å². The number of aromatic nitrogens is 2. The molecule has 8 heteroatoms. The van der Waals surface area contributed by atoms with E-state index in [1.165, 1.54) is 19.3 Å². The Kier molecular flexibility index (Phi) is 6.21. The van der Waals surface area contributed by atoms with Crippen LogP contribution in [0.5, 0.6) is 11.5 Å². The van der Waals surface area contributed by atoms with E-state index in [-0.39, 0.29) is 12.0 Å². The molecule has 2 aromatic rings. The maximum absolute atomic E-state index is 12.6. The summed E-state index contributed by atoms with van der Waals surface area (Å²) in [6.45, 7) is 6.83. The number of para-hydroxylation sites is 2. The molecular weight excluding hydrogens is 382 g/mol. The Hall–Kier alpha value is -3.03. The van der Waals surface area contributed by atoms with Crippen LogP contribution in [0.1, 0.15) is 32.0 Å². The van der Waals surface area contributed by atoms with Gasteiger partial charge in [0.1, 0.15) is 23.6 Å². The molecule has 2 aliphatic heterocycles. The zero-order valence-electron chi connectivity index (χ0n) is 17.6. The highest BCUT2D eigenvalue weighted by atomic mass is 16.6. The average Bonchev–Trinajstić information content (AvgIpc) is 2.76. The van der Waals surface area contributed by atoms with Crippen molar-refractivity contribution in [3.63, 3.8) is 0 Å². The number of piperidine rings is 1. The second kappa shape index (κ2) is 9.19. The summed E-state index contributed by atoms with van der Waals surface area (Å²) in [7, 11) is 0. The van der Waals surface area contributed by atoms with E-state index >= 15 is 0 Å². The monoisotopic (exact) mass is 411 g/mol. The summed E-state index contributed by atoms with van der Waals surface area (Å²) in [5.74, 6) is 3.55. The highest BCUT2D eigenvalue weighted by molar-refractivity contribution is 5.82. The standard InChI is InChI=1S/C22H29N5O3/c1-15-21(30-18-9-5-4-8-17(18)29-15)22(28)24-11-10-23-19-14-20(26-16(2)25-19)27-12-6-3-7-13-27/h4-5,8-9,14-15,21H,3,6-7,10-13H2,1-2H3,(H,24,28)(H,23,25,26). The number of amides is 1. The number of carbonyl (C=O) groups is 1. The number of hydrogen-bond acceptors (Lipinski definition) is 7. The van der Waals surface area contributed by atoms with Gasteiger partial charge in [-0.15, -0.1) is 0 Å². The molecule has 160 valence electrons. The van der Waals surface area contributed by atoms with Crippen LogP contribution in [-0.4, -0.2) is 54.3 Å². The summed E-state index contributed by atoms with van der Waals surface area (Å²) in [6, 6.07) is 9.37. The number of aryl methyl sites for hydroxylation is 1. The number of anilines is 2. The first kappa shape index (κ1) is 20.3. The van der Waals surface area contributed by atoms with Crippen LogP contribution >= 0.6 is 0 Å². The van der Waals surface area contributed by atoms with Gasteiger partial charge in [0, 0.05) is 32.2 Å². The minimum Gasteiger partial charge on any atom is -0.482 e. The highest BCUT2D eigenvalue weighted by Crippen LogP contribution is 2.33. The number of benzene rings is 1. The topological polar surface area (TPSA) is 88.6 Å². The Bertz CT molecular complexity index is 885. The molecule has 0 aliphatic carbocycles. The van der Waals surface area contributed by atoms with Crippen LogP contribution in [0.25, 0.3) is 0 Å². The van der Waals surface area contributed by atoms with Crippen molar-refractivity contribution in [3.05, 3.63) is 36.2 Å². The van der Waals surface area contributed by atoms with Gasteiger partial charge in [0.15, 0.2) is 11.5 Å². The van der Waals surface area contributed by atoms with Crippen molar-refractivity contribution in [1.29, 1.82) is 0 Å². The van der Waals surface area contributed by atoms with Crippen LogP contribution in [0.4, 0.5) is 11.6 Å². The fourth-order valence-corrected chi connectivity index (χ4v) is 3.81. The molecule has 0 saturated carbocycles. The Morgan fingerprint density at radius 1 is 1.10 bits per heavy atom. The molecule has 1 fully saturated rings. The van der Waals surface area contributed by atoms with Crippen molar-refractivity contribution < 1.29 is 14.3 Å². The molecule has 2 aliphatic rings. The molecule has 30 heavy (non-hydrogen) atoms. The van der Waals surface area contributed by atoms with Gasteiger partial charge in [-0.2, -0.15) is 0 Å². The number of carbonyl (C=O) groups excluding carboxylic acids is 1. The molecule has 1 saturated heterocycles. The zero-order valence-corrected chi connectivity index (χ0v) is 17.6. The molecule has 2 atom stereocenters. The van der Waals surface area contributed by atoms with Gasteiger partial charge in [-0.1, -0.05) is 12.1 Å². The average molecular weight is 412 g/mol. The number of ether oxygens (including phenoxy) is 2. The van der Waals surface area contributed by atoms with Crippen molar-refractivity contribution in [2.75, 3.05) is 36.4 Å². The van der Waals surface area contributed by atoms with Crippen LogP contribution in [0.15, 0.2) is 30.3 Å². The van der Waals surface area contributed by atoms with Gasteiger partial charge in [-0.3, -0.25) is 4.79 Å². The second-order valence-corrected chi connectivity index (χ2v) is 7.73. The van der Waals surface area contributed by atoms with Gasteiger partial charge in [-0.05, 0) is 45.2 Å². The third kappa shape index (κ3) is 4.75. The third-order valence-electron chi connectivity index (χ3n) is 5.34. The van der Waals surface area contributed by atoms with Gasteiger partial charge in [0.2, 0.25) is 6.10 Å². The summed E-state index contributed by atoms with van der Waals surface area (Å²) < 4.78 is 11.6. The van der Waals surface area contributed by atoms with E-state index < -0.39 is 6.10 Å². The molecule has 0 bridgehead atoms. The smallest absolute Gasteiger partial charge is 0.265 e. The third-order valence-corrected chi connectivity index (χ3v) is 5.34. The molecule has 8 nitrogen and oxygen atoms in total. The predicted octanol–water partition coefficient (Wildman–Crippen LogP) is 2.53. The van der Waals surface area contributed by atoms with Crippen molar-refractivity contribution >= 4 is 17.5 Å². The van der Waals surface area contributed by atoms with Gasteiger partial charge in [0.05, 0.1) is 0 Å². The fourth-order valence-electron chi connectivity index (χ4n) is 3.81. The normalized spacial score (nSPS) is 20.5. The Balaban J connectivity index is 1.28. The van der Waals surface area contributed by atoms with Gasteiger partial charge >= 0.3 is 0 Å². The maximum Gasteiger partial charge on any atom is 0.265 e. The van der Waals surface area contributed by atoms with Crippen molar-refractivity contribution in [2.24, 2.45) is 0 Å². The van der Waals surface area contributed by atoms with Crippen molar-refractivity contribution in [1.82, 2.24) is 15.3 Å². The van der Waals surface area contributed by atoms with Gasteiger partial charge in [-0.25, -0.2) is 9.97 Å². The first-order valence-corrected chi connectivity index (χ1v) is 10.6. The fraction of sp³-hybridized carbons (Fsp3) is 0.500.